The van der Waals surface area contributed by atoms with Crippen LogP contribution in [0.15, 0.2) is 65.5 Å². The number of carbonyl (C=O) groups is 1. The molecule has 0 aliphatic heterocycles. The minimum Gasteiger partial charge on any atom is -0.476 e. The standard InChI is InChI=1S/C23H24Cl2FN3O5S/c1-14(2)13-33-22-19(25)8-16(12-28-22)34-20-10-23(26,17(21(27)30)9-18(20)24)35(31,32)29-11-15-6-4-3-5-7-15/h3-10,12,14,17,29H,11,13H2,1-2H3,(H2,27,30). The van der Waals surface area contributed by atoms with E-state index in [1.165, 1.54) is 12.3 Å². The molecule has 188 valence electrons. The zero-order valence-corrected chi connectivity index (χ0v) is 21.2. The zero-order valence-electron chi connectivity index (χ0n) is 18.9. The van der Waals surface area contributed by atoms with Crippen molar-refractivity contribution in [2.45, 2.75) is 25.4 Å². The number of sulfonamides is 1. The summed E-state index contributed by atoms with van der Waals surface area (Å²) >= 11 is 12.4. The van der Waals surface area contributed by atoms with Crippen molar-refractivity contribution in [3.05, 3.63) is 76.1 Å². The third kappa shape index (κ3) is 6.32. The fraction of sp³-hybridized carbons (Fsp3) is 0.304. The smallest absolute Gasteiger partial charge is 0.261 e. The first-order chi connectivity index (χ1) is 16.4. The summed E-state index contributed by atoms with van der Waals surface area (Å²) < 4.78 is 55.4. The highest BCUT2D eigenvalue weighted by molar-refractivity contribution is 7.90. The van der Waals surface area contributed by atoms with Crippen LogP contribution >= 0.6 is 23.2 Å². The SMILES string of the molecule is CC(C)COc1ncc(OC2=CC(F)(S(=O)(=O)NCc3ccccc3)C(C(N)=O)C=C2Cl)cc1Cl. The molecule has 0 bridgehead atoms. The van der Waals surface area contributed by atoms with Crippen LogP contribution in [-0.4, -0.2) is 30.9 Å². The Hall–Kier alpha value is -2.66. The van der Waals surface area contributed by atoms with Gasteiger partial charge in [0.05, 0.1) is 17.8 Å². The van der Waals surface area contributed by atoms with Gasteiger partial charge in [-0.2, -0.15) is 0 Å². The molecule has 1 heterocycles. The predicted octanol–water partition coefficient (Wildman–Crippen LogP) is 4.06. The molecule has 0 saturated carbocycles. The number of allylic oxidation sites excluding steroid dienone is 1. The summed E-state index contributed by atoms with van der Waals surface area (Å²) in [4.78, 5) is 16.0. The van der Waals surface area contributed by atoms with Crippen LogP contribution in [0, 0.1) is 11.8 Å². The molecule has 1 aromatic carbocycles. The average Bonchev–Trinajstić information content (AvgIpc) is 2.79. The Bertz CT molecular complexity index is 1260. The molecule has 12 heteroatoms. The van der Waals surface area contributed by atoms with Gasteiger partial charge in [0.25, 0.3) is 15.0 Å². The van der Waals surface area contributed by atoms with Crippen molar-refractivity contribution in [2.24, 2.45) is 17.6 Å². The second kappa shape index (κ2) is 10.9. The molecule has 2 atom stereocenters. The maximum atomic E-state index is 16.1. The Kier molecular flexibility index (Phi) is 8.42. The molecule has 0 radical (unpaired) electrons. The van der Waals surface area contributed by atoms with Gasteiger partial charge in [-0.1, -0.05) is 67.4 Å². The number of ether oxygens (including phenoxy) is 2. The Morgan fingerprint density at radius 1 is 1.29 bits per heavy atom. The Balaban J connectivity index is 1.89. The van der Waals surface area contributed by atoms with Crippen LogP contribution in [0.4, 0.5) is 4.39 Å². The Morgan fingerprint density at radius 3 is 2.57 bits per heavy atom. The summed E-state index contributed by atoms with van der Waals surface area (Å²) in [5.41, 5.74) is 5.89. The lowest BCUT2D eigenvalue weighted by molar-refractivity contribution is -0.122. The number of alkyl halides is 1. The molecule has 8 nitrogen and oxygen atoms in total. The molecule has 1 aliphatic carbocycles. The molecule has 1 aliphatic rings. The van der Waals surface area contributed by atoms with Crippen LogP contribution in [0.1, 0.15) is 19.4 Å². The number of amides is 1. The number of primary amides is 1. The fourth-order valence-corrected chi connectivity index (χ4v) is 4.89. The number of hydrogen-bond donors (Lipinski definition) is 2. The van der Waals surface area contributed by atoms with E-state index >= 15 is 4.39 Å². The lowest BCUT2D eigenvalue weighted by atomic mass is 9.96. The first kappa shape index (κ1) is 26.9. The number of halogens is 3. The van der Waals surface area contributed by atoms with Gasteiger partial charge >= 0.3 is 0 Å². The van der Waals surface area contributed by atoms with Crippen molar-refractivity contribution in [3.63, 3.8) is 0 Å². The van der Waals surface area contributed by atoms with Crippen molar-refractivity contribution in [1.82, 2.24) is 9.71 Å². The summed E-state index contributed by atoms with van der Waals surface area (Å²) in [5, 5.41) is -3.37. The highest BCUT2D eigenvalue weighted by Crippen LogP contribution is 2.40. The van der Waals surface area contributed by atoms with Crippen molar-refractivity contribution >= 4 is 39.1 Å². The zero-order chi connectivity index (χ0) is 25.8. The fourth-order valence-electron chi connectivity index (χ4n) is 3.11. The van der Waals surface area contributed by atoms with Gasteiger partial charge in [-0.25, -0.2) is 22.5 Å². The van der Waals surface area contributed by atoms with Crippen LogP contribution in [0.25, 0.3) is 0 Å². The van der Waals surface area contributed by atoms with Gasteiger partial charge in [0, 0.05) is 18.7 Å². The molecular formula is C23H24Cl2FN3O5S. The number of nitrogens with one attached hydrogen (secondary N) is 1. The minimum absolute atomic E-state index is 0.0409. The maximum Gasteiger partial charge on any atom is 0.261 e. The minimum atomic E-state index is -4.79. The van der Waals surface area contributed by atoms with Crippen molar-refractivity contribution in [3.8, 4) is 11.6 Å². The molecular weight excluding hydrogens is 520 g/mol. The van der Waals surface area contributed by atoms with Gasteiger partial charge in [0.15, 0.2) is 0 Å². The van der Waals surface area contributed by atoms with Crippen LogP contribution < -0.4 is 19.9 Å². The molecule has 3 rings (SSSR count). The summed E-state index contributed by atoms with van der Waals surface area (Å²) in [7, 11) is -4.79. The van der Waals surface area contributed by atoms with Gasteiger partial charge in [-0.15, -0.1) is 0 Å². The second-order valence-corrected chi connectivity index (χ2v) is 10.9. The van der Waals surface area contributed by atoms with Gasteiger partial charge in [0.1, 0.15) is 22.4 Å². The molecule has 2 aromatic rings. The second-order valence-electron chi connectivity index (χ2n) is 8.18. The molecule has 35 heavy (non-hydrogen) atoms. The van der Waals surface area contributed by atoms with E-state index in [-0.39, 0.29) is 39.9 Å². The predicted molar refractivity (Wildman–Crippen MR) is 131 cm³/mol. The van der Waals surface area contributed by atoms with Crippen LogP contribution in [0.5, 0.6) is 11.6 Å². The number of benzene rings is 1. The third-order valence-corrected chi connectivity index (χ3v) is 7.19. The molecule has 2 unspecified atom stereocenters. The largest absolute Gasteiger partial charge is 0.476 e. The van der Waals surface area contributed by atoms with E-state index in [9.17, 15) is 13.2 Å². The number of nitrogens with zero attached hydrogens (tertiary/aromatic N) is 1. The number of nitrogens with two attached hydrogens (primary N) is 1. The summed E-state index contributed by atoms with van der Waals surface area (Å²) in [5.74, 6) is -3.02. The number of rotatable bonds is 10. The molecule has 1 aromatic heterocycles. The molecule has 1 amide bonds. The molecule has 3 N–H and O–H groups in total. The average molecular weight is 544 g/mol. The number of carbonyl (C=O) groups excluding carboxylic acids is 1. The van der Waals surface area contributed by atoms with Crippen molar-refractivity contribution in [2.75, 3.05) is 6.61 Å². The first-order valence-electron chi connectivity index (χ1n) is 10.5. The van der Waals surface area contributed by atoms with E-state index < -0.39 is 26.8 Å². The van der Waals surface area contributed by atoms with Gasteiger partial charge in [-0.3, -0.25) is 4.79 Å². The van der Waals surface area contributed by atoms with Crippen LogP contribution in [-0.2, 0) is 21.4 Å². The Morgan fingerprint density at radius 2 is 1.97 bits per heavy atom. The molecule has 0 saturated heterocycles. The van der Waals surface area contributed by atoms with E-state index in [0.29, 0.717) is 18.2 Å². The number of aromatic nitrogens is 1. The highest BCUT2D eigenvalue weighted by atomic mass is 35.5. The van der Waals surface area contributed by atoms with Crippen molar-refractivity contribution < 1.29 is 27.1 Å². The lowest BCUT2D eigenvalue weighted by Gasteiger charge is -2.31. The number of hydrogen-bond acceptors (Lipinski definition) is 6. The number of pyridine rings is 1. The van der Waals surface area contributed by atoms with Gasteiger partial charge in [0.2, 0.25) is 11.8 Å². The lowest BCUT2D eigenvalue weighted by Crippen LogP contribution is -2.51. The van der Waals surface area contributed by atoms with E-state index in [4.69, 9.17) is 38.4 Å². The van der Waals surface area contributed by atoms with Crippen LogP contribution in [0.2, 0.25) is 5.02 Å². The van der Waals surface area contributed by atoms with E-state index in [1.54, 1.807) is 30.3 Å². The quantitative estimate of drug-likeness (QED) is 0.466. The normalized spacial score (nSPS) is 20.2. The summed E-state index contributed by atoms with van der Waals surface area (Å²) in [6.45, 7) is 4.10. The van der Waals surface area contributed by atoms with Gasteiger partial charge in [-0.05, 0) is 17.6 Å². The van der Waals surface area contributed by atoms with Crippen LogP contribution in [0.3, 0.4) is 0 Å². The molecule has 0 spiro atoms. The van der Waals surface area contributed by atoms with E-state index in [1.807, 2.05) is 13.8 Å². The summed E-state index contributed by atoms with van der Waals surface area (Å²) in [6, 6.07) is 9.83. The highest BCUT2D eigenvalue weighted by Gasteiger charge is 2.54. The Labute approximate surface area is 213 Å². The van der Waals surface area contributed by atoms with Crippen molar-refractivity contribution in [1.29, 1.82) is 0 Å². The maximum absolute atomic E-state index is 16.1. The summed E-state index contributed by atoms with van der Waals surface area (Å²) in [6.07, 6.45) is 2.76. The third-order valence-electron chi connectivity index (χ3n) is 4.89. The monoisotopic (exact) mass is 543 g/mol. The van der Waals surface area contributed by atoms with E-state index in [2.05, 4.69) is 9.71 Å². The molecule has 0 fully saturated rings. The first-order valence-corrected chi connectivity index (χ1v) is 12.7. The topological polar surface area (TPSA) is 121 Å². The van der Waals surface area contributed by atoms with Gasteiger partial charge < -0.3 is 15.2 Å². The van der Waals surface area contributed by atoms with E-state index in [0.717, 1.165) is 6.08 Å².